The van der Waals surface area contributed by atoms with E-state index in [1.807, 2.05) is 0 Å². The molecule has 1 rings (SSSR count). The Morgan fingerprint density at radius 1 is 1.67 bits per heavy atom. The van der Waals surface area contributed by atoms with Gasteiger partial charge < -0.3 is 9.40 Å². The monoisotopic (exact) mass is 75.0 g/mol. The van der Waals surface area contributed by atoms with Crippen LogP contribution in [0.3, 0.4) is 0 Å². The van der Waals surface area contributed by atoms with Crippen molar-refractivity contribution in [3.8, 4) is 0 Å². The number of hydrogen-bond acceptors (Lipinski definition) is 2. The molecule has 0 fully saturated rings. The van der Waals surface area contributed by atoms with E-state index in [0.29, 0.717) is 0 Å². The summed E-state index contributed by atoms with van der Waals surface area (Å²) in [4.78, 5) is 3.50. The van der Waals surface area contributed by atoms with Crippen LogP contribution in [0.15, 0.2) is 17.0 Å². The molecular weight excluding hydrogens is 73.0 g/mol. The van der Waals surface area contributed by atoms with Gasteiger partial charge in [-0.25, -0.2) is 0 Å². The molecule has 0 aliphatic heterocycles. The van der Waals surface area contributed by atoms with Crippen molar-refractivity contribution in [1.29, 1.82) is 0 Å². The van der Waals surface area contributed by atoms with Crippen LogP contribution in [0, 0.1) is 6.26 Å². The van der Waals surface area contributed by atoms with Crippen LogP contribution in [0.4, 0.5) is 0 Å². The summed E-state index contributed by atoms with van der Waals surface area (Å²) in [5.41, 5.74) is 0. The van der Waals surface area contributed by atoms with E-state index in [-0.39, 0.29) is 18.9 Å². The zero-order chi connectivity index (χ0) is 3.54. The molecule has 0 saturated carbocycles. The number of nitrogens with zero attached hydrogens (tertiary/aromatic N) is 1. The summed E-state index contributed by atoms with van der Waals surface area (Å²) in [5, 5.41) is 0. The third-order valence-electron chi connectivity index (χ3n) is 0.309. The van der Waals surface area contributed by atoms with Gasteiger partial charge >= 0.3 is 18.9 Å². The first-order chi connectivity index (χ1) is 2.50. The second kappa shape index (κ2) is 3.02. The third-order valence-corrected chi connectivity index (χ3v) is 0.309. The Bertz CT molecular complexity index is 67.3. The number of hydrogen-bond donors (Lipinski definition) is 0. The van der Waals surface area contributed by atoms with E-state index in [2.05, 4.69) is 15.7 Å². The average Bonchev–Trinajstić information content (AvgIpc) is 1.76. The second-order valence-corrected chi connectivity index (χ2v) is 0.619. The van der Waals surface area contributed by atoms with Crippen LogP contribution in [0.25, 0.3) is 0 Å². The summed E-state index contributed by atoms with van der Waals surface area (Å²) >= 11 is 0. The zero-order valence-electron chi connectivity index (χ0n) is 3.51. The van der Waals surface area contributed by atoms with E-state index in [4.69, 9.17) is 0 Å². The minimum Gasteiger partial charge on any atom is -0.632 e. The fourth-order valence-electron chi connectivity index (χ4n) is 0.152. The average molecular weight is 75.0 g/mol. The van der Waals surface area contributed by atoms with Gasteiger partial charge in [0.1, 0.15) is 0 Å². The fraction of sp³-hybridized carbons (Fsp3) is 0. The molecule has 0 bridgehead atoms. The number of oxazole rings is 1. The van der Waals surface area contributed by atoms with Crippen LogP contribution in [-0.4, -0.2) is 4.98 Å². The largest absolute Gasteiger partial charge is 1.00 e. The van der Waals surface area contributed by atoms with Crippen molar-refractivity contribution in [3.63, 3.8) is 0 Å². The Labute approximate surface area is 47.7 Å². The third kappa shape index (κ3) is 1.30. The van der Waals surface area contributed by atoms with E-state index in [1.54, 1.807) is 0 Å². The Morgan fingerprint density at radius 3 is 2.67 bits per heavy atom. The fourth-order valence-corrected chi connectivity index (χ4v) is 0.152. The predicted octanol–water partition coefficient (Wildman–Crippen LogP) is -2.52. The van der Waals surface area contributed by atoms with Crippen LogP contribution < -0.4 is 18.9 Å². The smallest absolute Gasteiger partial charge is 0.632 e. The van der Waals surface area contributed by atoms with Crippen molar-refractivity contribution in [3.05, 3.63) is 18.9 Å². The molecule has 0 saturated heterocycles. The zero-order valence-corrected chi connectivity index (χ0v) is 3.51. The Balaban J connectivity index is 0.000000250. The minimum atomic E-state index is 0. The molecule has 1 heterocycles. The van der Waals surface area contributed by atoms with Crippen molar-refractivity contribution in [1.82, 2.24) is 4.98 Å². The van der Waals surface area contributed by atoms with Gasteiger partial charge in [-0.3, -0.25) is 0 Å². The van der Waals surface area contributed by atoms with E-state index in [9.17, 15) is 0 Å². The van der Waals surface area contributed by atoms with Gasteiger partial charge in [-0.1, -0.05) is 6.26 Å². The second-order valence-electron chi connectivity index (χ2n) is 0.619. The molecule has 1 aromatic heterocycles. The van der Waals surface area contributed by atoms with Gasteiger partial charge in [0.25, 0.3) is 0 Å². The SMILES string of the molecule is [Li+].[c-]1cnco1. The quantitative estimate of drug-likeness (QED) is 0.251. The molecule has 0 aliphatic rings. The molecule has 0 N–H and O–H groups in total. The predicted molar refractivity (Wildman–Crippen MR) is 15.3 cm³/mol. The first-order valence-electron chi connectivity index (χ1n) is 1.24. The van der Waals surface area contributed by atoms with Gasteiger partial charge in [-0.15, -0.1) is 0 Å². The molecule has 6 heavy (non-hydrogen) atoms. The maximum absolute atomic E-state index is 4.35. The van der Waals surface area contributed by atoms with E-state index >= 15 is 0 Å². The Kier molecular flexibility index (Phi) is 2.92. The summed E-state index contributed by atoms with van der Waals surface area (Å²) < 4.78 is 4.35. The van der Waals surface area contributed by atoms with Crippen LogP contribution in [0.5, 0.6) is 0 Å². The molecule has 26 valence electrons. The molecule has 2 nitrogen and oxygen atoms in total. The first kappa shape index (κ1) is 5.81. The van der Waals surface area contributed by atoms with Gasteiger partial charge in [0.2, 0.25) is 0 Å². The Morgan fingerprint density at radius 2 is 2.50 bits per heavy atom. The van der Waals surface area contributed by atoms with Crippen molar-refractivity contribution in [2.75, 3.05) is 0 Å². The maximum Gasteiger partial charge on any atom is 1.00 e. The molecule has 0 aliphatic carbocycles. The van der Waals surface area contributed by atoms with Crippen molar-refractivity contribution < 1.29 is 23.3 Å². The van der Waals surface area contributed by atoms with E-state index in [0.717, 1.165) is 0 Å². The molecule has 0 spiro atoms. The van der Waals surface area contributed by atoms with Crippen LogP contribution in [0.1, 0.15) is 0 Å². The van der Waals surface area contributed by atoms with Crippen LogP contribution in [0.2, 0.25) is 0 Å². The van der Waals surface area contributed by atoms with Gasteiger partial charge in [0.15, 0.2) is 0 Å². The van der Waals surface area contributed by atoms with Crippen molar-refractivity contribution >= 4 is 0 Å². The normalized spacial score (nSPS) is 6.67. The molecule has 1 aromatic rings. The summed E-state index contributed by atoms with van der Waals surface area (Å²) in [5.74, 6) is 0. The van der Waals surface area contributed by atoms with E-state index in [1.165, 1.54) is 12.6 Å². The Hall–Kier alpha value is -0.193. The number of rotatable bonds is 0. The molecular formula is C3H2LiNO. The van der Waals surface area contributed by atoms with Crippen LogP contribution >= 0.6 is 0 Å². The van der Waals surface area contributed by atoms with Crippen LogP contribution in [-0.2, 0) is 0 Å². The summed E-state index contributed by atoms with van der Waals surface area (Å²) in [6, 6.07) is 0. The summed E-state index contributed by atoms with van der Waals surface area (Å²) in [6.45, 7) is 0. The summed E-state index contributed by atoms with van der Waals surface area (Å²) in [6.07, 6.45) is 5.15. The minimum absolute atomic E-state index is 0. The van der Waals surface area contributed by atoms with Gasteiger partial charge in [0, 0.05) is 6.39 Å². The molecule has 0 amide bonds. The molecule has 0 radical (unpaired) electrons. The van der Waals surface area contributed by atoms with E-state index < -0.39 is 0 Å². The van der Waals surface area contributed by atoms with Gasteiger partial charge in [-0.05, 0) is 6.20 Å². The molecule has 0 unspecified atom stereocenters. The molecule has 0 atom stereocenters. The van der Waals surface area contributed by atoms with Gasteiger partial charge in [0.05, 0.1) is 0 Å². The summed E-state index contributed by atoms with van der Waals surface area (Å²) in [7, 11) is 0. The van der Waals surface area contributed by atoms with Gasteiger partial charge in [-0.2, -0.15) is 0 Å². The van der Waals surface area contributed by atoms with Crippen molar-refractivity contribution in [2.45, 2.75) is 0 Å². The molecule has 3 heteroatoms. The number of aromatic nitrogens is 1. The molecule has 0 aromatic carbocycles. The topological polar surface area (TPSA) is 26.0 Å². The van der Waals surface area contributed by atoms with Crippen molar-refractivity contribution in [2.24, 2.45) is 0 Å². The maximum atomic E-state index is 4.35. The standard InChI is InChI=1S/C3H2NO.Li/c1-2-5-3-4-1;/h1,3H;/q-1;+1. The first-order valence-corrected chi connectivity index (χ1v) is 1.24.